The van der Waals surface area contributed by atoms with Gasteiger partial charge in [0, 0.05) is 5.92 Å². The van der Waals surface area contributed by atoms with Crippen molar-refractivity contribution in [3.8, 4) is 0 Å². The zero-order chi connectivity index (χ0) is 13.1. The van der Waals surface area contributed by atoms with Crippen molar-refractivity contribution in [2.24, 2.45) is 5.92 Å². The average Bonchev–Trinajstić information content (AvgIpc) is 2.37. The molecule has 0 aromatic rings. The molecule has 0 fully saturated rings. The van der Waals surface area contributed by atoms with Gasteiger partial charge in [0.2, 0.25) is 0 Å². The van der Waals surface area contributed by atoms with Crippen LogP contribution in [0.25, 0.3) is 0 Å². The van der Waals surface area contributed by atoms with Crippen molar-refractivity contribution >= 4 is 0 Å². The number of hydrogen-bond donors (Lipinski definition) is 0. The minimum atomic E-state index is -0.489. The van der Waals surface area contributed by atoms with E-state index in [2.05, 4.69) is 33.9 Å². The molecule has 0 spiro atoms. The van der Waals surface area contributed by atoms with Crippen molar-refractivity contribution in [2.45, 2.75) is 52.2 Å². The molecule has 1 atom stereocenters. The maximum absolute atomic E-state index is 5.90. The molecule has 0 aromatic carbocycles. The molecule has 2 heteroatoms. The fourth-order valence-electron chi connectivity index (χ4n) is 2.01. The molecule has 0 bridgehead atoms. The van der Waals surface area contributed by atoms with E-state index >= 15 is 0 Å². The maximum atomic E-state index is 5.90. The van der Waals surface area contributed by atoms with Crippen LogP contribution in [-0.4, -0.2) is 19.0 Å². The smallest absolute Gasteiger partial charge is 0.171 e. The van der Waals surface area contributed by atoms with Gasteiger partial charge in [0.05, 0.1) is 13.2 Å². The van der Waals surface area contributed by atoms with Crippen LogP contribution in [0.3, 0.4) is 0 Å². The second kappa shape index (κ2) is 9.43. The zero-order valence-corrected chi connectivity index (χ0v) is 11.7. The molecular weight excluding hydrogens is 212 g/mol. The summed E-state index contributed by atoms with van der Waals surface area (Å²) >= 11 is 0. The molecule has 0 aromatic heterocycles. The zero-order valence-electron chi connectivity index (χ0n) is 11.7. The van der Waals surface area contributed by atoms with Gasteiger partial charge in [0.25, 0.3) is 0 Å². The molecule has 0 saturated carbocycles. The van der Waals surface area contributed by atoms with Gasteiger partial charge in [-0.05, 0) is 12.8 Å². The first kappa shape index (κ1) is 16.4. The van der Waals surface area contributed by atoms with Crippen LogP contribution in [-0.2, 0) is 9.47 Å². The molecule has 0 aliphatic rings. The summed E-state index contributed by atoms with van der Waals surface area (Å²) in [5, 5.41) is 0. The normalized spacial score (nSPS) is 13.4. The van der Waals surface area contributed by atoms with E-state index in [0.29, 0.717) is 19.1 Å². The summed E-state index contributed by atoms with van der Waals surface area (Å²) in [6.07, 6.45) is 7.92. The molecule has 0 saturated heterocycles. The highest BCUT2D eigenvalue weighted by molar-refractivity contribution is 4.80. The molecule has 0 amide bonds. The predicted octanol–water partition coefficient (Wildman–Crippen LogP) is 4.32. The maximum Gasteiger partial charge on any atom is 0.171 e. The van der Waals surface area contributed by atoms with Gasteiger partial charge in [-0.3, -0.25) is 0 Å². The summed E-state index contributed by atoms with van der Waals surface area (Å²) in [6, 6.07) is 0. The van der Waals surface area contributed by atoms with Gasteiger partial charge in [-0.2, -0.15) is 0 Å². The molecule has 0 aliphatic carbocycles. The third-order valence-corrected chi connectivity index (χ3v) is 3.13. The van der Waals surface area contributed by atoms with E-state index in [1.54, 1.807) is 12.2 Å². The second-order valence-electron chi connectivity index (χ2n) is 4.41. The average molecular weight is 240 g/mol. The monoisotopic (exact) mass is 240 g/mol. The molecule has 17 heavy (non-hydrogen) atoms. The summed E-state index contributed by atoms with van der Waals surface area (Å²) in [4.78, 5) is 0. The summed E-state index contributed by atoms with van der Waals surface area (Å²) in [6.45, 7) is 15.0. The highest BCUT2D eigenvalue weighted by atomic mass is 16.7. The molecule has 2 nitrogen and oxygen atoms in total. The number of unbranched alkanes of at least 4 members (excludes halogenated alkanes) is 1. The minimum Gasteiger partial charge on any atom is -0.346 e. The van der Waals surface area contributed by atoms with E-state index in [-0.39, 0.29) is 0 Å². The van der Waals surface area contributed by atoms with Gasteiger partial charge in [0.15, 0.2) is 5.79 Å². The molecule has 0 radical (unpaired) electrons. The SMILES string of the molecule is C=CCOC(CC)(OCC=C)C(C)CCCC. The van der Waals surface area contributed by atoms with Crippen molar-refractivity contribution in [1.29, 1.82) is 0 Å². The Morgan fingerprint density at radius 3 is 2.00 bits per heavy atom. The standard InChI is InChI=1S/C15H28O2/c1-6-10-11-14(5)15(9-4,16-12-7-2)17-13-8-3/h7-8,14H,2-3,6,9-13H2,1,4-5H3. The Morgan fingerprint density at radius 2 is 1.65 bits per heavy atom. The lowest BCUT2D eigenvalue weighted by atomic mass is 9.92. The summed E-state index contributed by atoms with van der Waals surface area (Å²) in [5.74, 6) is -0.107. The van der Waals surface area contributed by atoms with Crippen LogP contribution in [0.5, 0.6) is 0 Å². The fourth-order valence-corrected chi connectivity index (χ4v) is 2.01. The van der Waals surface area contributed by atoms with Crippen LogP contribution >= 0.6 is 0 Å². The lowest BCUT2D eigenvalue weighted by molar-refractivity contribution is -0.257. The van der Waals surface area contributed by atoms with Crippen molar-refractivity contribution in [3.05, 3.63) is 25.3 Å². The second-order valence-corrected chi connectivity index (χ2v) is 4.41. The van der Waals surface area contributed by atoms with Gasteiger partial charge in [-0.25, -0.2) is 0 Å². The van der Waals surface area contributed by atoms with Crippen LogP contribution in [0, 0.1) is 5.92 Å². The third-order valence-electron chi connectivity index (χ3n) is 3.13. The van der Waals surface area contributed by atoms with Gasteiger partial charge >= 0.3 is 0 Å². The molecule has 100 valence electrons. The number of rotatable bonds is 11. The highest BCUT2D eigenvalue weighted by Crippen LogP contribution is 2.31. The molecule has 0 aliphatic heterocycles. The first-order valence-electron chi connectivity index (χ1n) is 6.66. The molecular formula is C15H28O2. The van der Waals surface area contributed by atoms with E-state index in [1.807, 2.05) is 0 Å². The van der Waals surface area contributed by atoms with Crippen LogP contribution in [0.1, 0.15) is 46.5 Å². The van der Waals surface area contributed by atoms with E-state index in [1.165, 1.54) is 12.8 Å². The van der Waals surface area contributed by atoms with Crippen molar-refractivity contribution < 1.29 is 9.47 Å². The molecule has 0 N–H and O–H groups in total. The molecule has 0 heterocycles. The Labute approximate surface area is 107 Å². The van der Waals surface area contributed by atoms with Gasteiger partial charge < -0.3 is 9.47 Å². The van der Waals surface area contributed by atoms with E-state index in [0.717, 1.165) is 12.8 Å². The molecule has 1 unspecified atom stereocenters. The summed E-state index contributed by atoms with van der Waals surface area (Å²) < 4.78 is 11.8. The van der Waals surface area contributed by atoms with E-state index < -0.39 is 5.79 Å². The lowest BCUT2D eigenvalue weighted by Gasteiger charge is -2.38. The van der Waals surface area contributed by atoms with E-state index in [9.17, 15) is 0 Å². The fraction of sp³-hybridized carbons (Fsp3) is 0.733. The van der Waals surface area contributed by atoms with Crippen molar-refractivity contribution in [2.75, 3.05) is 13.2 Å². The summed E-state index contributed by atoms with van der Waals surface area (Å²) in [7, 11) is 0. The van der Waals surface area contributed by atoms with Gasteiger partial charge in [0.1, 0.15) is 0 Å². The lowest BCUT2D eigenvalue weighted by Crippen LogP contribution is -2.42. The van der Waals surface area contributed by atoms with Gasteiger partial charge in [-0.1, -0.05) is 45.8 Å². The van der Waals surface area contributed by atoms with E-state index in [4.69, 9.17) is 9.47 Å². The van der Waals surface area contributed by atoms with Crippen LogP contribution < -0.4 is 0 Å². The van der Waals surface area contributed by atoms with Crippen molar-refractivity contribution in [3.63, 3.8) is 0 Å². The van der Waals surface area contributed by atoms with Crippen molar-refractivity contribution in [1.82, 2.24) is 0 Å². The largest absolute Gasteiger partial charge is 0.346 e. The van der Waals surface area contributed by atoms with Crippen LogP contribution in [0.15, 0.2) is 25.3 Å². The Balaban J connectivity index is 4.61. The Hall–Kier alpha value is -0.600. The summed E-state index contributed by atoms with van der Waals surface area (Å²) in [5.41, 5.74) is 0. The minimum absolute atomic E-state index is 0.382. The van der Waals surface area contributed by atoms with Crippen LogP contribution in [0.4, 0.5) is 0 Å². The van der Waals surface area contributed by atoms with Gasteiger partial charge in [-0.15, -0.1) is 13.2 Å². The highest BCUT2D eigenvalue weighted by Gasteiger charge is 2.35. The topological polar surface area (TPSA) is 18.5 Å². The Bertz CT molecular complexity index is 199. The first-order chi connectivity index (χ1) is 8.16. The third kappa shape index (κ3) is 5.51. The number of ether oxygens (including phenoxy) is 2. The molecule has 0 rings (SSSR count). The Morgan fingerprint density at radius 1 is 1.12 bits per heavy atom. The van der Waals surface area contributed by atoms with Crippen LogP contribution in [0.2, 0.25) is 0 Å². The predicted molar refractivity (Wildman–Crippen MR) is 74.0 cm³/mol. The number of hydrogen-bond acceptors (Lipinski definition) is 2. The quantitative estimate of drug-likeness (QED) is 0.395. The Kier molecular flexibility index (Phi) is 9.10. The first-order valence-corrected chi connectivity index (χ1v) is 6.66.